The molecule has 4 heteroatoms. The summed E-state index contributed by atoms with van der Waals surface area (Å²) in [5.74, 6) is 2.33. The molecule has 5 saturated carbocycles. The Bertz CT molecular complexity index is 616. The van der Waals surface area contributed by atoms with Crippen LogP contribution in [0.4, 0.5) is 0 Å². The molecule has 0 aromatic carbocycles. The Morgan fingerprint density at radius 3 is 2.61 bits per heavy atom. The molecule has 126 valence electrons. The number of carbonyl (C=O) groups is 1. The highest BCUT2D eigenvalue weighted by molar-refractivity contribution is 5.85. The highest BCUT2D eigenvalue weighted by Gasteiger charge is 2.83. The average molecular weight is 316 g/mol. The van der Waals surface area contributed by atoms with Crippen LogP contribution in [0.3, 0.4) is 0 Å². The molecule has 1 heterocycles. The molecule has 1 amide bonds. The fourth-order valence-electron chi connectivity index (χ4n) is 8.57. The van der Waals surface area contributed by atoms with Gasteiger partial charge in [-0.1, -0.05) is 0 Å². The molecule has 9 unspecified atom stereocenters. The lowest BCUT2D eigenvalue weighted by molar-refractivity contribution is -0.241. The summed E-state index contributed by atoms with van der Waals surface area (Å²) in [6.45, 7) is 2.18. The van der Waals surface area contributed by atoms with E-state index in [0.29, 0.717) is 23.9 Å². The van der Waals surface area contributed by atoms with Crippen molar-refractivity contribution in [3.63, 3.8) is 0 Å². The quantitative estimate of drug-likeness (QED) is 0.814. The molecule has 0 radical (unpaired) electrons. The number of nitrogens with zero attached hydrogens (tertiary/aromatic N) is 1. The van der Waals surface area contributed by atoms with Crippen molar-refractivity contribution < 1.29 is 9.90 Å². The van der Waals surface area contributed by atoms with Crippen molar-refractivity contribution in [3.8, 4) is 0 Å². The molecule has 1 aliphatic heterocycles. The van der Waals surface area contributed by atoms with Crippen molar-refractivity contribution in [1.29, 1.82) is 0 Å². The number of rotatable bonds is 2. The van der Waals surface area contributed by atoms with Gasteiger partial charge in [-0.2, -0.15) is 0 Å². The van der Waals surface area contributed by atoms with Gasteiger partial charge >= 0.3 is 0 Å². The molecular weight excluding hydrogens is 288 g/mol. The third kappa shape index (κ3) is 1.28. The van der Waals surface area contributed by atoms with E-state index in [-0.39, 0.29) is 22.8 Å². The van der Waals surface area contributed by atoms with E-state index >= 15 is 0 Å². The number of fused-ring (bicyclic) bond motifs is 3. The monoisotopic (exact) mass is 316 g/mol. The number of nitrogens with two attached hydrogens (primary N) is 1. The number of piperidine rings is 1. The van der Waals surface area contributed by atoms with Gasteiger partial charge in [0.05, 0.1) is 11.6 Å². The molecule has 6 fully saturated rings. The first-order valence-electron chi connectivity index (χ1n) is 9.69. The normalized spacial score (nSPS) is 62.0. The zero-order chi connectivity index (χ0) is 15.8. The van der Waals surface area contributed by atoms with Crippen LogP contribution in [0.1, 0.15) is 58.3 Å². The molecule has 3 N–H and O–H groups in total. The maximum absolute atomic E-state index is 13.3. The zero-order valence-corrected chi connectivity index (χ0v) is 14.0. The lowest BCUT2D eigenvalue weighted by Crippen LogP contribution is -2.73. The molecule has 0 aromatic heterocycles. The molecule has 6 aliphatic rings. The number of amides is 1. The summed E-state index contributed by atoms with van der Waals surface area (Å²) in [7, 11) is 0. The van der Waals surface area contributed by atoms with Crippen LogP contribution in [0.25, 0.3) is 0 Å². The summed E-state index contributed by atoms with van der Waals surface area (Å²) in [6.07, 6.45) is 8.72. The van der Waals surface area contributed by atoms with E-state index in [2.05, 4.69) is 11.8 Å². The predicted octanol–water partition coefficient (Wildman–Crippen LogP) is 1.65. The van der Waals surface area contributed by atoms with E-state index in [4.69, 9.17) is 5.73 Å². The van der Waals surface area contributed by atoms with Crippen LogP contribution in [0.2, 0.25) is 0 Å². The number of likely N-dealkylation sites (tertiary alicyclic amines) is 1. The summed E-state index contributed by atoms with van der Waals surface area (Å²) >= 11 is 0. The van der Waals surface area contributed by atoms with Crippen LogP contribution in [0, 0.1) is 28.6 Å². The van der Waals surface area contributed by atoms with E-state index in [1.54, 1.807) is 0 Å². The van der Waals surface area contributed by atoms with Crippen LogP contribution >= 0.6 is 0 Å². The lowest BCUT2D eigenvalue weighted by Gasteiger charge is -2.65. The summed E-state index contributed by atoms with van der Waals surface area (Å²) in [4.78, 5) is 15.4. The minimum Gasteiger partial charge on any atom is -0.389 e. The Hall–Kier alpha value is -0.610. The topological polar surface area (TPSA) is 66.6 Å². The van der Waals surface area contributed by atoms with Crippen molar-refractivity contribution in [2.45, 2.75) is 82.0 Å². The summed E-state index contributed by atoms with van der Waals surface area (Å²) in [5.41, 5.74) is 6.09. The predicted molar refractivity (Wildman–Crippen MR) is 85.3 cm³/mol. The molecule has 6 rings (SSSR count). The van der Waals surface area contributed by atoms with Gasteiger partial charge in [-0.05, 0) is 76.0 Å². The van der Waals surface area contributed by atoms with Gasteiger partial charge in [0.25, 0.3) is 0 Å². The fourth-order valence-corrected chi connectivity index (χ4v) is 8.57. The molecule has 23 heavy (non-hydrogen) atoms. The van der Waals surface area contributed by atoms with Gasteiger partial charge in [-0.15, -0.1) is 0 Å². The first-order valence-corrected chi connectivity index (χ1v) is 9.69. The maximum atomic E-state index is 13.3. The van der Waals surface area contributed by atoms with E-state index in [1.807, 2.05) is 0 Å². The largest absolute Gasteiger partial charge is 0.389 e. The average Bonchev–Trinajstić information content (AvgIpc) is 3.05. The lowest BCUT2D eigenvalue weighted by atomic mass is 9.41. The number of hydrogen-bond acceptors (Lipinski definition) is 3. The van der Waals surface area contributed by atoms with Crippen molar-refractivity contribution >= 4 is 5.91 Å². The maximum Gasteiger partial charge on any atom is 0.240 e. The van der Waals surface area contributed by atoms with E-state index in [9.17, 15) is 9.90 Å². The Balaban J connectivity index is 1.36. The minimum atomic E-state index is -0.500. The summed E-state index contributed by atoms with van der Waals surface area (Å²) in [5, 5.41) is 11.2. The van der Waals surface area contributed by atoms with Crippen LogP contribution < -0.4 is 5.73 Å². The second kappa shape index (κ2) is 3.65. The van der Waals surface area contributed by atoms with Crippen LogP contribution in [-0.4, -0.2) is 39.6 Å². The van der Waals surface area contributed by atoms with Gasteiger partial charge in [0, 0.05) is 22.9 Å². The second-order valence-corrected chi connectivity index (χ2v) is 10.1. The van der Waals surface area contributed by atoms with Gasteiger partial charge in [-0.3, -0.25) is 4.79 Å². The van der Waals surface area contributed by atoms with Crippen molar-refractivity contribution in [3.05, 3.63) is 0 Å². The number of carbonyl (C=O) groups excluding carboxylic acids is 1. The SMILES string of the molecule is CC1CC2CC2N1C(=O)C(N)C12CC3CC4CC(O)(C1)C2(C4)C3. The summed E-state index contributed by atoms with van der Waals surface area (Å²) < 4.78 is 0. The highest BCUT2D eigenvalue weighted by atomic mass is 16.3. The van der Waals surface area contributed by atoms with Crippen LogP contribution in [-0.2, 0) is 4.79 Å². The Labute approximate surface area is 137 Å². The Morgan fingerprint density at radius 1 is 1.17 bits per heavy atom. The van der Waals surface area contributed by atoms with Crippen molar-refractivity contribution in [2.24, 2.45) is 34.3 Å². The van der Waals surface area contributed by atoms with Crippen molar-refractivity contribution in [2.75, 3.05) is 0 Å². The third-order valence-corrected chi connectivity index (χ3v) is 9.15. The smallest absolute Gasteiger partial charge is 0.240 e. The van der Waals surface area contributed by atoms with Crippen molar-refractivity contribution in [1.82, 2.24) is 4.90 Å². The molecule has 4 nitrogen and oxygen atoms in total. The number of aliphatic hydroxyl groups is 1. The molecule has 9 atom stereocenters. The Kier molecular flexibility index (Phi) is 2.16. The highest BCUT2D eigenvalue weighted by Crippen LogP contribution is 2.83. The van der Waals surface area contributed by atoms with E-state index < -0.39 is 5.60 Å². The van der Waals surface area contributed by atoms with Gasteiger partial charge in [0.1, 0.15) is 0 Å². The second-order valence-electron chi connectivity index (χ2n) is 10.1. The summed E-state index contributed by atoms with van der Waals surface area (Å²) in [6, 6.07) is 0.460. The Morgan fingerprint density at radius 2 is 1.91 bits per heavy atom. The first kappa shape index (κ1) is 13.7. The molecule has 0 aromatic rings. The van der Waals surface area contributed by atoms with Crippen LogP contribution in [0.15, 0.2) is 0 Å². The van der Waals surface area contributed by atoms with Gasteiger partial charge < -0.3 is 15.7 Å². The number of hydrogen-bond donors (Lipinski definition) is 2. The molecule has 3 bridgehead atoms. The van der Waals surface area contributed by atoms with Gasteiger partial charge in [0.2, 0.25) is 5.91 Å². The molecule has 1 spiro atoms. The molecule has 5 aliphatic carbocycles. The van der Waals surface area contributed by atoms with E-state index in [0.717, 1.165) is 44.4 Å². The molecular formula is C19H28N2O2. The van der Waals surface area contributed by atoms with Crippen LogP contribution in [0.5, 0.6) is 0 Å². The van der Waals surface area contributed by atoms with Gasteiger partial charge in [-0.25, -0.2) is 0 Å². The van der Waals surface area contributed by atoms with Gasteiger partial charge in [0.15, 0.2) is 0 Å². The first-order chi connectivity index (χ1) is 10.9. The fraction of sp³-hybridized carbons (Fsp3) is 0.947. The third-order valence-electron chi connectivity index (χ3n) is 9.15. The molecule has 1 saturated heterocycles. The standard InChI is InChI=1S/C19H28N2O2/c1-10-2-13-4-14(13)21(10)16(22)15(20)17-5-11-3-12-7-18(17,6-11)19(23,8-12)9-17/h10-15,23H,2-9,20H2,1H3. The minimum absolute atomic E-state index is 0.0193. The zero-order valence-electron chi connectivity index (χ0n) is 14.0. The van der Waals surface area contributed by atoms with E-state index in [1.165, 1.54) is 12.8 Å².